The second-order valence-corrected chi connectivity index (χ2v) is 9.06. The fraction of sp³-hybridized carbons (Fsp3) is 0.333. The first-order valence-corrected chi connectivity index (χ1v) is 11.5. The van der Waals surface area contributed by atoms with Gasteiger partial charge in [0.25, 0.3) is 5.91 Å². The molecule has 35 heavy (non-hydrogen) atoms. The van der Waals surface area contributed by atoms with E-state index in [4.69, 9.17) is 0 Å². The van der Waals surface area contributed by atoms with Crippen LogP contribution in [0.25, 0.3) is 11.3 Å². The Bertz CT molecular complexity index is 1370. The zero-order valence-electron chi connectivity index (χ0n) is 18.8. The quantitative estimate of drug-likeness (QED) is 0.565. The highest BCUT2D eigenvalue weighted by Gasteiger charge is 2.39. The minimum absolute atomic E-state index is 0.194. The monoisotopic (exact) mass is 475 g/mol. The number of nitrogens with one attached hydrogen (secondary N) is 1. The Kier molecular flexibility index (Phi) is 5.14. The van der Waals surface area contributed by atoms with E-state index in [0.29, 0.717) is 41.8 Å². The Morgan fingerprint density at radius 2 is 2.00 bits per heavy atom. The number of halogens is 1. The number of piperidine rings is 1. The number of imide groups is 1. The minimum atomic E-state index is -0.690. The number of benzene rings is 1. The van der Waals surface area contributed by atoms with Crippen molar-refractivity contribution < 1.29 is 18.8 Å². The van der Waals surface area contributed by atoms with Gasteiger partial charge in [-0.25, -0.2) is 4.39 Å². The molecule has 10 nitrogen and oxygen atoms in total. The lowest BCUT2D eigenvalue weighted by Crippen LogP contribution is -2.52. The molecule has 0 bridgehead atoms. The van der Waals surface area contributed by atoms with E-state index in [1.165, 1.54) is 4.90 Å². The molecule has 1 aromatic carbocycles. The second kappa shape index (κ2) is 8.35. The van der Waals surface area contributed by atoms with Crippen LogP contribution in [0.5, 0.6) is 0 Å². The highest BCUT2D eigenvalue weighted by Crippen LogP contribution is 2.32. The molecule has 1 atom stereocenters. The van der Waals surface area contributed by atoms with Crippen LogP contribution in [0, 0.1) is 5.82 Å². The Morgan fingerprint density at radius 3 is 2.86 bits per heavy atom. The van der Waals surface area contributed by atoms with Crippen molar-refractivity contribution in [3.05, 3.63) is 65.1 Å². The molecular weight excluding hydrogens is 453 g/mol. The largest absolute Gasteiger partial charge is 0.322 e. The van der Waals surface area contributed by atoms with Gasteiger partial charge in [-0.1, -0.05) is 6.07 Å². The summed E-state index contributed by atoms with van der Waals surface area (Å²) in [5.41, 5.74) is 2.51. The lowest BCUT2D eigenvalue weighted by molar-refractivity contribution is -0.136. The molecule has 0 spiro atoms. The van der Waals surface area contributed by atoms with Crippen LogP contribution in [0.2, 0.25) is 0 Å². The number of carbonyl (C=O) groups is 3. The van der Waals surface area contributed by atoms with Crippen molar-refractivity contribution >= 4 is 17.7 Å². The molecule has 5 heterocycles. The molecule has 1 fully saturated rings. The highest BCUT2D eigenvalue weighted by atomic mass is 19.1. The van der Waals surface area contributed by atoms with Gasteiger partial charge < -0.3 is 9.47 Å². The van der Waals surface area contributed by atoms with E-state index in [1.54, 1.807) is 36.8 Å². The standard InChI is InChI=1S/C24H22FN7O3/c25-21-15(10-30-7-8-31-13-27-29-19(31)12-30)5-6-26-22(21)14-1-2-17-16(9-14)11-32(24(17)35)18-3-4-20(33)28-23(18)34/h1-2,5-6,9,13,18H,3-4,7-8,10-12H2,(H,28,33,34). The summed E-state index contributed by atoms with van der Waals surface area (Å²) in [5.74, 6) is -0.591. The normalized spacial score (nSPS) is 20.1. The maximum atomic E-state index is 15.5. The molecule has 0 aliphatic carbocycles. The van der Waals surface area contributed by atoms with Gasteiger partial charge in [0.1, 0.15) is 23.9 Å². The zero-order chi connectivity index (χ0) is 24.1. The first-order valence-electron chi connectivity index (χ1n) is 11.5. The number of amides is 3. The van der Waals surface area contributed by atoms with Crippen LogP contribution >= 0.6 is 0 Å². The smallest absolute Gasteiger partial charge is 0.255 e. The summed E-state index contributed by atoms with van der Waals surface area (Å²) in [6.45, 7) is 2.75. The fourth-order valence-corrected chi connectivity index (χ4v) is 5.02. The molecule has 178 valence electrons. The van der Waals surface area contributed by atoms with Crippen molar-refractivity contribution in [3.63, 3.8) is 0 Å². The molecule has 1 N–H and O–H groups in total. The van der Waals surface area contributed by atoms with Gasteiger partial charge in [0.2, 0.25) is 11.8 Å². The maximum Gasteiger partial charge on any atom is 0.255 e. The topological polar surface area (TPSA) is 113 Å². The molecular formula is C24H22FN7O3. The summed E-state index contributed by atoms with van der Waals surface area (Å²) in [6.07, 6.45) is 3.79. The summed E-state index contributed by atoms with van der Waals surface area (Å²) < 4.78 is 17.5. The van der Waals surface area contributed by atoms with Crippen molar-refractivity contribution in [2.24, 2.45) is 0 Å². The van der Waals surface area contributed by atoms with E-state index in [9.17, 15) is 14.4 Å². The van der Waals surface area contributed by atoms with Crippen molar-refractivity contribution in [1.82, 2.24) is 34.9 Å². The Hall–Kier alpha value is -3.99. The van der Waals surface area contributed by atoms with Gasteiger partial charge in [-0.2, -0.15) is 0 Å². The molecule has 0 saturated carbocycles. The number of nitrogens with zero attached hydrogens (tertiary/aromatic N) is 6. The van der Waals surface area contributed by atoms with Crippen molar-refractivity contribution in [2.45, 2.75) is 45.1 Å². The van der Waals surface area contributed by atoms with Crippen LogP contribution in [-0.4, -0.2) is 59.9 Å². The van der Waals surface area contributed by atoms with Gasteiger partial charge in [0.05, 0.1) is 6.54 Å². The van der Waals surface area contributed by atoms with E-state index >= 15 is 4.39 Å². The fourth-order valence-electron chi connectivity index (χ4n) is 5.02. The number of pyridine rings is 1. The summed E-state index contributed by atoms with van der Waals surface area (Å²) in [5, 5.41) is 10.3. The lowest BCUT2D eigenvalue weighted by atomic mass is 10.0. The van der Waals surface area contributed by atoms with Gasteiger partial charge in [-0.3, -0.25) is 29.6 Å². The Morgan fingerprint density at radius 1 is 1.11 bits per heavy atom. The van der Waals surface area contributed by atoms with Gasteiger partial charge in [0.15, 0.2) is 5.82 Å². The summed E-state index contributed by atoms with van der Waals surface area (Å²) in [6, 6.07) is 6.09. The van der Waals surface area contributed by atoms with Crippen LogP contribution in [0.3, 0.4) is 0 Å². The van der Waals surface area contributed by atoms with E-state index in [2.05, 4.69) is 25.4 Å². The third-order valence-corrected chi connectivity index (χ3v) is 6.88. The van der Waals surface area contributed by atoms with Crippen molar-refractivity contribution in [1.29, 1.82) is 0 Å². The van der Waals surface area contributed by atoms with Gasteiger partial charge in [-0.15, -0.1) is 10.2 Å². The summed E-state index contributed by atoms with van der Waals surface area (Å²) in [4.78, 5) is 44.6. The molecule has 3 amide bonds. The average molecular weight is 475 g/mol. The average Bonchev–Trinajstić information content (AvgIpc) is 3.44. The first-order chi connectivity index (χ1) is 17.0. The van der Waals surface area contributed by atoms with Crippen LogP contribution in [-0.2, 0) is 35.8 Å². The third-order valence-electron chi connectivity index (χ3n) is 6.88. The number of hydrogen-bond donors (Lipinski definition) is 1. The molecule has 1 saturated heterocycles. The number of carbonyl (C=O) groups excluding carboxylic acids is 3. The van der Waals surface area contributed by atoms with Gasteiger partial charge >= 0.3 is 0 Å². The number of aromatic nitrogens is 4. The summed E-state index contributed by atoms with van der Waals surface area (Å²) in [7, 11) is 0. The molecule has 11 heteroatoms. The predicted octanol–water partition coefficient (Wildman–Crippen LogP) is 1.26. The first kappa shape index (κ1) is 21.5. The maximum absolute atomic E-state index is 15.5. The van der Waals surface area contributed by atoms with Gasteiger partial charge in [0, 0.05) is 55.5 Å². The van der Waals surface area contributed by atoms with Crippen LogP contribution in [0.4, 0.5) is 4.39 Å². The van der Waals surface area contributed by atoms with Crippen LogP contribution < -0.4 is 5.32 Å². The van der Waals surface area contributed by atoms with Crippen LogP contribution in [0.15, 0.2) is 36.8 Å². The van der Waals surface area contributed by atoms with E-state index < -0.39 is 17.8 Å². The molecule has 3 aromatic rings. The second-order valence-electron chi connectivity index (χ2n) is 9.06. The third kappa shape index (κ3) is 3.77. The molecule has 3 aliphatic rings. The number of fused-ring (bicyclic) bond motifs is 2. The van der Waals surface area contributed by atoms with E-state index in [-0.39, 0.29) is 30.5 Å². The van der Waals surface area contributed by atoms with Crippen molar-refractivity contribution in [3.8, 4) is 11.3 Å². The molecule has 1 unspecified atom stereocenters. The van der Waals surface area contributed by atoms with E-state index in [0.717, 1.165) is 18.9 Å². The summed E-state index contributed by atoms with van der Waals surface area (Å²) >= 11 is 0. The van der Waals surface area contributed by atoms with Crippen LogP contribution in [0.1, 0.15) is 40.2 Å². The minimum Gasteiger partial charge on any atom is -0.322 e. The predicted molar refractivity (Wildman–Crippen MR) is 120 cm³/mol. The van der Waals surface area contributed by atoms with Crippen molar-refractivity contribution in [2.75, 3.05) is 6.54 Å². The van der Waals surface area contributed by atoms with Gasteiger partial charge in [-0.05, 0) is 30.2 Å². The Labute approximate surface area is 199 Å². The molecule has 3 aliphatic heterocycles. The Balaban J connectivity index is 1.23. The number of rotatable bonds is 4. The number of hydrogen-bond acceptors (Lipinski definition) is 7. The lowest BCUT2D eigenvalue weighted by Gasteiger charge is -2.29. The molecule has 6 rings (SSSR count). The SMILES string of the molecule is O=C1CCC(N2Cc3cc(-c4nccc(CN5CCn6cnnc6C5)c4F)ccc3C2=O)C(=O)N1. The zero-order valence-corrected chi connectivity index (χ0v) is 18.8. The molecule has 2 aromatic heterocycles. The molecule has 0 radical (unpaired) electrons. The highest BCUT2D eigenvalue weighted by molar-refractivity contribution is 6.05. The van der Waals surface area contributed by atoms with E-state index in [1.807, 2.05) is 4.57 Å².